The minimum Gasteiger partial charge on any atom is -0.362 e. The molecule has 0 unspecified atom stereocenters. The zero-order chi connectivity index (χ0) is 13.2. The Kier molecular flexibility index (Phi) is 3.50. The van der Waals surface area contributed by atoms with Gasteiger partial charge in [-0.3, -0.25) is 0 Å². The summed E-state index contributed by atoms with van der Waals surface area (Å²) >= 11 is 0. The normalized spacial score (nSPS) is 11.6. The number of aliphatic hydroxyl groups is 2. The molecule has 0 spiro atoms. The number of rotatable bonds is 3. The second-order valence-electron chi connectivity index (χ2n) is 4.80. The monoisotopic (exact) mass is 242 g/mol. The molecule has 0 atom stereocenters. The van der Waals surface area contributed by atoms with Gasteiger partial charge in [-0.15, -0.1) is 0 Å². The molecule has 18 heavy (non-hydrogen) atoms. The van der Waals surface area contributed by atoms with Crippen LogP contribution >= 0.6 is 0 Å². The van der Waals surface area contributed by atoms with Gasteiger partial charge in [0, 0.05) is 12.0 Å². The first-order valence-corrected chi connectivity index (χ1v) is 6.05. The Labute approximate surface area is 108 Å². The molecule has 2 N–H and O–H groups in total. The van der Waals surface area contributed by atoms with Crippen LogP contribution in [0.4, 0.5) is 0 Å². The fraction of sp³-hybridized carbons (Fsp3) is 0.250. The Morgan fingerprint density at radius 1 is 0.944 bits per heavy atom. The van der Waals surface area contributed by atoms with Gasteiger partial charge in [-0.05, 0) is 25.0 Å². The molecule has 2 aromatic rings. The van der Waals surface area contributed by atoms with E-state index in [1.807, 2.05) is 56.3 Å². The molecule has 0 heterocycles. The van der Waals surface area contributed by atoms with E-state index in [-0.39, 0.29) is 6.42 Å². The quantitative estimate of drug-likeness (QED) is 0.812. The molecular weight excluding hydrogens is 224 g/mol. The van der Waals surface area contributed by atoms with Gasteiger partial charge < -0.3 is 10.2 Å². The van der Waals surface area contributed by atoms with Gasteiger partial charge in [0.25, 0.3) is 0 Å². The third kappa shape index (κ3) is 2.78. The Hall–Kier alpha value is -1.64. The van der Waals surface area contributed by atoms with Crippen molar-refractivity contribution < 1.29 is 10.2 Å². The lowest BCUT2D eigenvalue weighted by atomic mass is 9.93. The number of hydrogen-bond donors (Lipinski definition) is 2. The molecule has 0 radical (unpaired) electrons. The molecule has 0 amide bonds. The lowest BCUT2D eigenvalue weighted by Crippen LogP contribution is -2.28. The van der Waals surface area contributed by atoms with Crippen molar-refractivity contribution in [2.24, 2.45) is 0 Å². The van der Waals surface area contributed by atoms with Crippen LogP contribution in [0.1, 0.15) is 22.3 Å². The van der Waals surface area contributed by atoms with E-state index < -0.39 is 5.79 Å². The summed E-state index contributed by atoms with van der Waals surface area (Å²) in [6.07, 6.45) is 0.192. The van der Waals surface area contributed by atoms with E-state index in [0.717, 1.165) is 16.7 Å². The molecule has 0 aliphatic heterocycles. The van der Waals surface area contributed by atoms with Crippen molar-refractivity contribution in [2.45, 2.75) is 26.1 Å². The summed E-state index contributed by atoms with van der Waals surface area (Å²) in [5.74, 6) is -1.82. The lowest BCUT2D eigenvalue weighted by molar-refractivity contribution is -0.168. The molecule has 2 aromatic carbocycles. The van der Waals surface area contributed by atoms with Gasteiger partial charge >= 0.3 is 0 Å². The van der Waals surface area contributed by atoms with Crippen LogP contribution in [0.25, 0.3) is 0 Å². The highest BCUT2D eigenvalue weighted by molar-refractivity contribution is 5.34. The van der Waals surface area contributed by atoms with Crippen LogP contribution in [0.2, 0.25) is 0 Å². The summed E-state index contributed by atoms with van der Waals surface area (Å²) in [4.78, 5) is 0. The maximum Gasteiger partial charge on any atom is 0.194 e. The van der Waals surface area contributed by atoms with Crippen molar-refractivity contribution in [3.8, 4) is 0 Å². The van der Waals surface area contributed by atoms with E-state index in [4.69, 9.17) is 0 Å². The zero-order valence-electron chi connectivity index (χ0n) is 10.7. The third-order valence-corrected chi connectivity index (χ3v) is 3.11. The molecule has 0 aliphatic rings. The summed E-state index contributed by atoms with van der Waals surface area (Å²) in [6, 6.07) is 15.1. The molecule has 0 fully saturated rings. The van der Waals surface area contributed by atoms with E-state index in [1.165, 1.54) is 0 Å². The van der Waals surface area contributed by atoms with Gasteiger partial charge in [-0.2, -0.15) is 0 Å². The van der Waals surface area contributed by atoms with Gasteiger partial charge in [0.05, 0.1) is 0 Å². The van der Waals surface area contributed by atoms with Crippen molar-refractivity contribution in [2.75, 3.05) is 0 Å². The minimum atomic E-state index is -1.82. The first-order chi connectivity index (χ1) is 8.49. The number of hydrogen-bond acceptors (Lipinski definition) is 2. The van der Waals surface area contributed by atoms with Gasteiger partial charge in [0.15, 0.2) is 5.79 Å². The summed E-state index contributed by atoms with van der Waals surface area (Å²) in [6.45, 7) is 3.89. The van der Waals surface area contributed by atoms with Crippen LogP contribution in [0.15, 0.2) is 48.5 Å². The Morgan fingerprint density at radius 2 is 1.61 bits per heavy atom. The highest BCUT2D eigenvalue weighted by Gasteiger charge is 2.27. The summed E-state index contributed by atoms with van der Waals surface area (Å²) < 4.78 is 0. The van der Waals surface area contributed by atoms with Crippen LogP contribution in [0.5, 0.6) is 0 Å². The molecule has 0 bridgehead atoms. The Balaban J connectivity index is 2.30. The molecule has 0 saturated heterocycles. The van der Waals surface area contributed by atoms with Crippen molar-refractivity contribution >= 4 is 0 Å². The highest BCUT2D eigenvalue weighted by Crippen LogP contribution is 2.26. The van der Waals surface area contributed by atoms with Gasteiger partial charge in [-0.25, -0.2) is 0 Å². The summed E-state index contributed by atoms with van der Waals surface area (Å²) in [5.41, 5.74) is 3.49. The molecule has 0 aliphatic carbocycles. The fourth-order valence-corrected chi connectivity index (χ4v) is 2.24. The predicted molar refractivity (Wildman–Crippen MR) is 72.2 cm³/mol. The highest BCUT2D eigenvalue weighted by atomic mass is 16.5. The van der Waals surface area contributed by atoms with Crippen molar-refractivity contribution in [1.29, 1.82) is 0 Å². The zero-order valence-corrected chi connectivity index (χ0v) is 10.7. The fourth-order valence-electron chi connectivity index (χ4n) is 2.24. The first-order valence-electron chi connectivity index (χ1n) is 6.05. The maximum absolute atomic E-state index is 10.3. The molecule has 0 saturated carbocycles. The van der Waals surface area contributed by atoms with Crippen LogP contribution in [0.3, 0.4) is 0 Å². The molecular formula is C16H18O2. The average Bonchev–Trinajstić information content (AvgIpc) is 2.29. The summed E-state index contributed by atoms with van der Waals surface area (Å²) in [7, 11) is 0. The minimum absolute atomic E-state index is 0.192. The van der Waals surface area contributed by atoms with Crippen LogP contribution < -0.4 is 0 Å². The molecule has 2 rings (SSSR count). The van der Waals surface area contributed by atoms with Crippen molar-refractivity contribution in [1.82, 2.24) is 0 Å². The SMILES string of the molecule is Cc1ccc(C(O)(O)Cc2ccccc2)c(C)c1. The topological polar surface area (TPSA) is 40.5 Å². The molecule has 2 heteroatoms. The largest absolute Gasteiger partial charge is 0.362 e. The molecule has 2 nitrogen and oxygen atoms in total. The predicted octanol–water partition coefficient (Wildman–Crippen LogP) is 2.68. The smallest absolute Gasteiger partial charge is 0.194 e. The second kappa shape index (κ2) is 4.92. The van der Waals surface area contributed by atoms with E-state index in [2.05, 4.69) is 0 Å². The van der Waals surface area contributed by atoms with E-state index in [1.54, 1.807) is 6.07 Å². The van der Waals surface area contributed by atoms with Crippen molar-refractivity contribution in [3.63, 3.8) is 0 Å². The van der Waals surface area contributed by atoms with Crippen molar-refractivity contribution in [3.05, 3.63) is 70.8 Å². The average molecular weight is 242 g/mol. The van der Waals surface area contributed by atoms with Crippen LogP contribution in [-0.2, 0) is 12.2 Å². The van der Waals surface area contributed by atoms with Gasteiger partial charge in [0.1, 0.15) is 0 Å². The second-order valence-corrected chi connectivity index (χ2v) is 4.80. The lowest BCUT2D eigenvalue weighted by Gasteiger charge is -2.24. The molecule has 0 aromatic heterocycles. The van der Waals surface area contributed by atoms with Crippen LogP contribution in [0, 0.1) is 13.8 Å². The Morgan fingerprint density at radius 3 is 2.22 bits per heavy atom. The van der Waals surface area contributed by atoms with Gasteiger partial charge in [-0.1, -0.05) is 54.1 Å². The van der Waals surface area contributed by atoms with Gasteiger partial charge in [0.2, 0.25) is 0 Å². The standard InChI is InChI=1S/C16H18O2/c1-12-8-9-15(13(2)10-12)16(17,18)11-14-6-4-3-5-7-14/h3-10,17-18H,11H2,1-2H3. The first kappa shape index (κ1) is 12.8. The molecule has 94 valence electrons. The van der Waals surface area contributed by atoms with E-state index in [9.17, 15) is 10.2 Å². The Bertz CT molecular complexity index is 530. The maximum atomic E-state index is 10.3. The number of aryl methyl sites for hydroxylation is 2. The van der Waals surface area contributed by atoms with E-state index >= 15 is 0 Å². The van der Waals surface area contributed by atoms with Crippen LogP contribution in [-0.4, -0.2) is 10.2 Å². The third-order valence-electron chi connectivity index (χ3n) is 3.11. The van der Waals surface area contributed by atoms with E-state index in [0.29, 0.717) is 5.56 Å². The number of benzene rings is 2. The summed E-state index contributed by atoms with van der Waals surface area (Å²) in [5, 5.41) is 20.5.